The topological polar surface area (TPSA) is 114 Å². The highest BCUT2D eigenvalue weighted by molar-refractivity contribution is 6.35. The van der Waals surface area contributed by atoms with Gasteiger partial charge >= 0.3 is 6.18 Å². The number of ether oxygens (including phenoxy) is 1. The zero-order valence-electron chi connectivity index (χ0n) is 22.8. The number of pyridine rings is 2. The van der Waals surface area contributed by atoms with Crippen LogP contribution in [-0.4, -0.2) is 44.8 Å². The molecule has 13 heteroatoms. The summed E-state index contributed by atoms with van der Waals surface area (Å²) >= 11 is 6.67. The Bertz CT molecular complexity index is 1640. The molecule has 0 radical (unpaired) electrons. The Balaban J connectivity index is 1.61. The van der Waals surface area contributed by atoms with Gasteiger partial charge < -0.3 is 15.4 Å². The number of hydrogen-bond donors (Lipinski definition) is 2. The van der Waals surface area contributed by atoms with Gasteiger partial charge in [-0.25, -0.2) is 9.67 Å². The van der Waals surface area contributed by atoms with Crippen LogP contribution in [0, 0.1) is 16.7 Å². The molecule has 9 nitrogen and oxygen atoms in total. The van der Waals surface area contributed by atoms with Gasteiger partial charge in [0.25, 0.3) is 0 Å². The van der Waals surface area contributed by atoms with E-state index in [1.54, 1.807) is 30.5 Å². The molecule has 0 saturated heterocycles. The van der Waals surface area contributed by atoms with Gasteiger partial charge in [-0.15, -0.1) is 5.10 Å². The van der Waals surface area contributed by atoms with E-state index < -0.39 is 17.8 Å². The summed E-state index contributed by atoms with van der Waals surface area (Å²) in [6.45, 7) is 6.78. The van der Waals surface area contributed by atoms with Gasteiger partial charge in [0.2, 0.25) is 5.88 Å². The van der Waals surface area contributed by atoms with E-state index in [2.05, 4.69) is 57.8 Å². The first-order chi connectivity index (χ1) is 19.4. The number of benzene rings is 1. The first kappa shape index (κ1) is 28.4. The summed E-state index contributed by atoms with van der Waals surface area (Å²) in [4.78, 5) is 8.66. The van der Waals surface area contributed by atoms with E-state index in [4.69, 9.17) is 16.3 Å². The molecule has 41 heavy (non-hydrogen) atoms. The third kappa shape index (κ3) is 5.46. The number of anilines is 2. The maximum atomic E-state index is 13.8. The molecule has 3 aromatic heterocycles. The van der Waals surface area contributed by atoms with E-state index in [0.717, 1.165) is 4.68 Å². The summed E-state index contributed by atoms with van der Waals surface area (Å²) in [6, 6.07) is 8.27. The lowest BCUT2D eigenvalue weighted by Gasteiger charge is -2.23. The van der Waals surface area contributed by atoms with Crippen molar-refractivity contribution >= 4 is 33.9 Å². The highest BCUT2D eigenvalue weighted by atomic mass is 35.5. The zero-order chi connectivity index (χ0) is 29.6. The summed E-state index contributed by atoms with van der Waals surface area (Å²) in [5.41, 5.74) is 0.579. The minimum Gasteiger partial charge on any atom is -0.481 e. The van der Waals surface area contributed by atoms with Crippen LogP contribution in [0.15, 0.2) is 42.9 Å². The molecule has 1 atom stereocenters. The Morgan fingerprint density at radius 1 is 1.22 bits per heavy atom. The van der Waals surface area contributed by atoms with Crippen molar-refractivity contribution in [1.82, 2.24) is 25.0 Å². The average molecular weight is 585 g/mol. The van der Waals surface area contributed by atoms with Gasteiger partial charge in [-0.1, -0.05) is 37.6 Å². The number of nitriles is 1. The maximum Gasteiger partial charge on any atom is 0.413 e. The fraction of sp³-hybridized carbons (Fsp3) is 0.393. The van der Waals surface area contributed by atoms with Gasteiger partial charge in [-0.2, -0.15) is 18.4 Å². The van der Waals surface area contributed by atoms with Gasteiger partial charge in [0.15, 0.2) is 5.54 Å². The number of rotatable bonds is 8. The van der Waals surface area contributed by atoms with E-state index >= 15 is 0 Å². The first-order valence-electron chi connectivity index (χ1n) is 12.9. The lowest BCUT2D eigenvalue weighted by Crippen LogP contribution is -2.35. The minimum absolute atomic E-state index is 0.0630. The molecule has 0 amide bonds. The number of aromatic nitrogens is 5. The van der Waals surface area contributed by atoms with Crippen LogP contribution >= 0.6 is 11.6 Å². The third-order valence-electron chi connectivity index (χ3n) is 6.95. The third-order valence-corrected chi connectivity index (χ3v) is 7.24. The number of fused-ring (bicyclic) bond motifs is 1. The number of hydrogen-bond acceptors (Lipinski definition) is 8. The zero-order valence-corrected chi connectivity index (χ0v) is 23.6. The molecule has 0 spiro atoms. The Morgan fingerprint density at radius 3 is 2.61 bits per heavy atom. The Labute approximate surface area is 239 Å². The molecule has 0 unspecified atom stereocenters. The lowest BCUT2D eigenvalue weighted by atomic mass is 9.96. The van der Waals surface area contributed by atoms with Crippen LogP contribution < -0.4 is 15.4 Å². The molecule has 1 saturated carbocycles. The van der Waals surface area contributed by atoms with E-state index in [9.17, 15) is 18.4 Å². The number of halogens is 4. The Morgan fingerprint density at radius 2 is 1.98 bits per heavy atom. The molecule has 1 aliphatic rings. The fourth-order valence-corrected chi connectivity index (χ4v) is 4.89. The molecule has 3 heterocycles. The standard InChI is InChI=1S/C28H28ClF3N8O/c1-26(2,3)15-36-22-16(12-33)13-35-23-19(22)10-17(11-20(23)29)37-24(18-6-5-9-34-25(18)41-4)21-14-40(39-38-21)27(7-8-27)28(30,31)32/h5-6,9-11,13-14,24,37H,7-8,15H2,1-4H3,(H,35,36)/t24-/m0/s1. The predicted molar refractivity (Wildman–Crippen MR) is 149 cm³/mol. The molecule has 4 aromatic rings. The SMILES string of the molecule is COc1ncccc1[C@H](Nc1cc(Cl)c2ncc(C#N)c(NCC(C)(C)C)c2c1)c1cn(C2(C(F)(F)F)CC2)nn1. The molecular formula is C28H28ClF3N8O. The van der Waals surface area contributed by atoms with Crippen LogP contribution in [0.25, 0.3) is 10.9 Å². The first-order valence-corrected chi connectivity index (χ1v) is 13.3. The summed E-state index contributed by atoms with van der Waals surface area (Å²) in [7, 11) is 1.46. The van der Waals surface area contributed by atoms with E-state index in [-0.39, 0.29) is 29.8 Å². The number of alkyl halides is 3. The van der Waals surface area contributed by atoms with Crippen LogP contribution in [0.4, 0.5) is 24.5 Å². The van der Waals surface area contributed by atoms with Crippen molar-refractivity contribution in [2.24, 2.45) is 5.41 Å². The van der Waals surface area contributed by atoms with Crippen LogP contribution in [-0.2, 0) is 5.54 Å². The van der Waals surface area contributed by atoms with Crippen molar-refractivity contribution in [2.45, 2.75) is 51.4 Å². The van der Waals surface area contributed by atoms with E-state index in [1.807, 2.05) is 0 Å². The van der Waals surface area contributed by atoms with Gasteiger partial charge in [0, 0.05) is 35.6 Å². The Hall–Kier alpha value is -4.11. The van der Waals surface area contributed by atoms with E-state index in [0.29, 0.717) is 45.0 Å². The molecule has 1 aromatic carbocycles. The second-order valence-corrected chi connectivity index (χ2v) is 11.6. The predicted octanol–water partition coefficient (Wildman–Crippen LogP) is 6.47. The largest absolute Gasteiger partial charge is 0.481 e. The van der Waals surface area contributed by atoms with Crippen molar-refractivity contribution < 1.29 is 17.9 Å². The monoisotopic (exact) mass is 584 g/mol. The lowest BCUT2D eigenvalue weighted by molar-refractivity contribution is -0.182. The highest BCUT2D eigenvalue weighted by Crippen LogP contribution is 2.55. The molecule has 1 fully saturated rings. The molecule has 5 rings (SSSR count). The molecule has 2 N–H and O–H groups in total. The van der Waals surface area contributed by atoms with Crippen molar-refractivity contribution in [3.63, 3.8) is 0 Å². The molecule has 0 bridgehead atoms. The number of methoxy groups -OCH3 is 1. The van der Waals surface area contributed by atoms with Crippen LogP contribution in [0.5, 0.6) is 5.88 Å². The van der Waals surface area contributed by atoms with Gasteiger partial charge in [-0.05, 0) is 42.5 Å². The van der Waals surface area contributed by atoms with Gasteiger partial charge in [0.1, 0.15) is 17.8 Å². The van der Waals surface area contributed by atoms with Crippen molar-refractivity contribution in [2.75, 3.05) is 24.3 Å². The van der Waals surface area contributed by atoms with Crippen LogP contribution in [0.3, 0.4) is 0 Å². The quantitative estimate of drug-likeness (QED) is 0.242. The molecular weight excluding hydrogens is 557 g/mol. The minimum atomic E-state index is -4.46. The summed E-state index contributed by atoms with van der Waals surface area (Å²) in [6.07, 6.45) is -0.255. The fourth-order valence-electron chi connectivity index (χ4n) is 4.62. The van der Waals surface area contributed by atoms with Crippen molar-refractivity contribution in [3.05, 3.63) is 64.7 Å². The molecule has 0 aliphatic heterocycles. The second kappa shape index (κ2) is 10.4. The normalized spacial score (nSPS) is 15.3. The number of nitrogens with one attached hydrogen (secondary N) is 2. The van der Waals surface area contributed by atoms with Gasteiger partial charge in [-0.3, -0.25) is 4.98 Å². The van der Waals surface area contributed by atoms with Crippen molar-refractivity contribution in [3.8, 4) is 11.9 Å². The van der Waals surface area contributed by atoms with Crippen LogP contribution in [0.2, 0.25) is 5.02 Å². The molecule has 1 aliphatic carbocycles. The van der Waals surface area contributed by atoms with E-state index in [1.165, 1.54) is 19.5 Å². The average Bonchev–Trinajstić information content (AvgIpc) is 3.61. The molecule has 214 valence electrons. The maximum absolute atomic E-state index is 13.8. The Kier molecular flexibility index (Phi) is 7.19. The van der Waals surface area contributed by atoms with Crippen molar-refractivity contribution in [1.29, 1.82) is 5.26 Å². The van der Waals surface area contributed by atoms with Gasteiger partial charge in [0.05, 0.1) is 35.1 Å². The summed E-state index contributed by atoms with van der Waals surface area (Å²) in [5, 5.41) is 25.4. The van der Waals surface area contributed by atoms with Crippen LogP contribution in [0.1, 0.15) is 56.5 Å². The smallest absolute Gasteiger partial charge is 0.413 e. The second-order valence-electron chi connectivity index (χ2n) is 11.2. The summed E-state index contributed by atoms with van der Waals surface area (Å²) in [5.74, 6) is 0.268. The highest BCUT2D eigenvalue weighted by Gasteiger charge is 2.66. The summed E-state index contributed by atoms with van der Waals surface area (Å²) < 4.78 is 47.8. The number of nitrogens with zero attached hydrogens (tertiary/aromatic N) is 6.